The Bertz CT molecular complexity index is 632. The third kappa shape index (κ3) is 2.26. The third-order valence-electron chi connectivity index (χ3n) is 2.38. The maximum atomic E-state index is 5.82. The number of rotatable bonds is 3. The highest BCUT2D eigenvalue weighted by Gasteiger charge is 2.11. The molecule has 0 aliphatic heterocycles. The van der Waals surface area contributed by atoms with Crippen molar-refractivity contribution in [1.82, 2.24) is 15.2 Å². The summed E-state index contributed by atoms with van der Waals surface area (Å²) >= 11 is 5.82. The van der Waals surface area contributed by atoms with Gasteiger partial charge in [0.2, 0.25) is 11.7 Å². The minimum atomic E-state index is 0.330. The van der Waals surface area contributed by atoms with Gasteiger partial charge < -0.3 is 8.83 Å². The van der Waals surface area contributed by atoms with Gasteiger partial charge in [0.25, 0.3) is 5.89 Å². The lowest BCUT2D eigenvalue weighted by molar-refractivity contribution is 0.486. The zero-order valence-corrected chi connectivity index (χ0v) is 9.96. The molecule has 1 aromatic carbocycles. The quantitative estimate of drug-likeness (QED) is 0.725. The summed E-state index contributed by atoms with van der Waals surface area (Å²) < 4.78 is 10.5. The van der Waals surface area contributed by atoms with E-state index in [1.165, 1.54) is 12.6 Å². The van der Waals surface area contributed by atoms with Crippen LogP contribution in [-0.2, 0) is 6.42 Å². The molecular weight excluding hydrogens is 254 g/mol. The number of hydrogen-bond donors (Lipinski definition) is 0. The van der Waals surface area contributed by atoms with Crippen LogP contribution in [0.5, 0.6) is 0 Å². The maximum Gasteiger partial charge on any atom is 0.285 e. The SMILES string of the molecule is Clc1ccc(Cc2nnc(-c3cnco3)o2)cc1. The second-order valence-corrected chi connectivity index (χ2v) is 4.11. The molecule has 90 valence electrons. The van der Waals surface area contributed by atoms with Crippen molar-refractivity contribution in [2.24, 2.45) is 0 Å². The second kappa shape index (κ2) is 4.62. The summed E-state index contributed by atoms with van der Waals surface area (Å²) in [4.78, 5) is 3.79. The van der Waals surface area contributed by atoms with Crippen LogP contribution in [0.25, 0.3) is 11.7 Å². The fraction of sp³-hybridized carbons (Fsp3) is 0.0833. The highest BCUT2D eigenvalue weighted by atomic mass is 35.5. The zero-order valence-electron chi connectivity index (χ0n) is 9.21. The first-order valence-corrected chi connectivity index (χ1v) is 5.65. The molecule has 0 N–H and O–H groups in total. The standard InChI is InChI=1S/C12H8ClN3O2/c13-9-3-1-8(2-4-9)5-11-15-16-12(18-11)10-6-14-7-17-10/h1-4,6-7H,5H2. The molecule has 0 radical (unpaired) electrons. The van der Waals surface area contributed by atoms with E-state index in [1.807, 2.05) is 24.3 Å². The van der Waals surface area contributed by atoms with Crippen LogP contribution in [0.4, 0.5) is 0 Å². The fourth-order valence-electron chi connectivity index (χ4n) is 1.52. The second-order valence-electron chi connectivity index (χ2n) is 3.67. The van der Waals surface area contributed by atoms with Crippen LogP contribution in [0.3, 0.4) is 0 Å². The lowest BCUT2D eigenvalue weighted by Crippen LogP contribution is -1.87. The molecule has 0 saturated heterocycles. The van der Waals surface area contributed by atoms with Crippen molar-refractivity contribution in [3.8, 4) is 11.7 Å². The Kier molecular flexibility index (Phi) is 2.82. The van der Waals surface area contributed by atoms with Gasteiger partial charge in [-0.3, -0.25) is 0 Å². The van der Waals surface area contributed by atoms with Crippen molar-refractivity contribution in [2.75, 3.05) is 0 Å². The van der Waals surface area contributed by atoms with Gasteiger partial charge in [-0.25, -0.2) is 4.98 Å². The molecule has 6 heteroatoms. The van der Waals surface area contributed by atoms with Gasteiger partial charge in [0.15, 0.2) is 6.39 Å². The molecule has 0 atom stereocenters. The van der Waals surface area contributed by atoms with Gasteiger partial charge in [-0.05, 0) is 17.7 Å². The Labute approximate surface area is 107 Å². The van der Waals surface area contributed by atoms with E-state index in [9.17, 15) is 0 Å². The van der Waals surface area contributed by atoms with Gasteiger partial charge >= 0.3 is 0 Å². The average molecular weight is 262 g/mol. The summed E-state index contributed by atoms with van der Waals surface area (Å²) in [5, 5.41) is 8.55. The number of halogens is 1. The Balaban J connectivity index is 1.80. The molecular formula is C12H8ClN3O2. The van der Waals surface area contributed by atoms with Crippen LogP contribution in [0, 0.1) is 0 Å². The topological polar surface area (TPSA) is 65.0 Å². The van der Waals surface area contributed by atoms with E-state index >= 15 is 0 Å². The molecule has 0 saturated carbocycles. The maximum absolute atomic E-state index is 5.82. The van der Waals surface area contributed by atoms with Crippen LogP contribution < -0.4 is 0 Å². The molecule has 18 heavy (non-hydrogen) atoms. The summed E-state index contributed by atoms with van der Waals surface area (Å²) in [6, 6.07) is 7.48. The van der Waals surface area contributed by atoms with Gasteiger partial charge in [0, 0.05) is 5.02 Å². The Morgan fingerprint density at radius 1 is 1.11 bits per heavy atom. The summed E-state index contributed by atoms with van der Waals surface area (Å²) in [6.45, 7) is 0. The van der Waals surface area contributed by atoms with E-state index in [1.54, 1.807) is 0 Å². The highest BCUT2D eigenvalue weighted by molar-refractivity contribution is 6.30. The van der Waals surface area contributed by atoms with E-state index in [4.69, 9.17) is 20.4 Å². The Morgan fingerprint density at radius 3 is 2.67 bits per heavy atom. The van der Waals surface area contributed by atoms with Crippen LogP contribution in [0.15, 0.2) is 45.7 Å². The van der Waals surface area contributed by atoms with Crippen molar-refractivity contribution in [3.05, 3.63) is 53.3 Å². The number of oxazole rings is 1. The predicted molar refractivity (Wildman–Crippen MR) is 64.1 cm³/mol. The van der Waals surface area contributed by atoms with E-state index in [2.05, 4.69) is 15.2 Å². The highest BCUT2D eigenvalue weighted by Crippen LogP contribution is 2.18. The summed E-state index contributed by atoms with van der Waals surface area (Å²) in [5.74, 6) is 1.31. The van der Waals surface area contributed by atoms with Crippen molar-refractivity contribution in [2.45, 2.75) is 6.42 Å². The Morgan fingerprint density at radius 2 is 1.94 bits per heavy atom. The van der Waals surface area contributed by atoms with Gasteiger partial charge in [0.05, 0.1) is 12.6 Å². The molecule has 2 aromatic heterocycles. The largest absolute Gasteiger partial charge is 0.438 e. The summed E-state index contributed by atoms with van der Waals surface area (Å²) in [7, 11) is 0. The van der Waals surface area contributed by atoms with Gasteiger partial charge in [-0.2, -0.15) is 0 Å². The summed E-state index contributed by atoms with van der Waals surface area (Å²) in [5.41, 5.74) is 1.05. The van der Waals surface area contributed by atoms with Crippen molar-refractivity contribution in [1.29, 1.82) is 0 Å². The molecule has 0 amide bonds. The van der Waals surface area contributed by atoms with Gasteiger partial charge in [-0.1, -0.05) is 23.7 Å². The van der Waals surface area contributed by atoms with E-state index in [0.29, 0.717) is 29.0 Å². The fourth-order valence-corrected chi connectivity index (χ4v) is 1.65. The monoisotopic (exact) mass is 261 g/mol. The predicted octanol–water partition coefficient (Wildman–Crippen LogP) is 2.97. The van der Waals surface area contributed by atoms with Crippen LogP contribution in [0.1, 0.15) is 11.5 Å². The first-order chi connectivity index (χ1) is 8.81. The number of benzene rings is 1. The number of aromatic nitrogens is 3. The molecule has 0 fully saturated rings. The first kappa shape index (κ1) is 11.0. The van der Waals surface area contributed by atoms with Crippen LogP contribution in [-0.4, -0.2) is 15.2 Å². The van der Waals surface area contributed by atoms with E-state index < -0.39 is 0 Å². The third-order valence-corrected chi connectivity index (χ3v) is 2.63. The van der Waals surface area contributed by atoms with Gasteiger partial charge in [-0.15, -0.1) is 10.2 Å². The van der Waals surface area contributed by atoms with Crippen molar-refractivity contribution >= 4 is 11.6 Å². The van der Waals surface area contributed by atoms with Crippen LogP contribution in [0.2, 0.25) is 5.02 Å². The van der Waals surface area contributed by atoms with Crippen molar-refractivity contribution in [3.63, 3.8) is 0 Å². The average Bonchev–Trinajstić information content (AvgIpc) is 3.02. The van der Waals surface area contributed by atoms with E-state index in [0.717, 1.165) is 5.56 Å². The molecule has 0 aliphatic carbocycles. The smallest absolute Gasteiger partial charge is 0.285 e. The minimum absolute atomic E-state index is 0.330. The number of hydrogen-bond acceptors (Lipinski definition) is 5. The summed E-state index contributed by atoms with van der Waals surface area (Å²) in [6.07, 6.45) is 3.40. The lowest BCUT2D eigenvalue weighted by atomic mass is 10.1. The Hall–Kier alpha value is -2.14. The molecule has 5 nitrogen and oxygen atoms in total. The molecule has 2 heterocycles. The van der Waals surface area contributed by atoms with Crippen LogP contribution >= 0.6 is 11.6 Å². The normalized spacial score (nSPS) is 10.7. The molecule has 0 aliphatic rings. The van der Waals surface area contributed by atoms with Gasteiger partial charge in [0.1, 0.15) is 0 Å². The number of nitrogens with zero attached hydrogens (tertiary/aromatic N) is 3. The zero-order chi connectivity index (χ0) is 12.4. The van der Waals surface area contributed by atoms with Crippen molar-refractivity contribution < 1.29 is 8.83 Å². The lowest BCUT2D eigenvalue weighted by Gasteiger charge is -1.96. The first-order valence-electron chi connectivity index (χ1n) is 5.27. The molecule has 0 spiro atoms. The van der Waals surface area contributed by atoms with E-state index in [-0.39, 0.29) is 0 Å². The minimum Gasteiger partial charge on any atom is -0.438 e. The molecule has 0 bridgehead atoms. The molecule has 3 rings (SSSR count). The molecule has 0 unspecified atom stereocenters. The molecule has 3 aromatic rings.